The van der Waals surface area contributed by atoms with E-state index in [-0.39, 0.29) is 11.8 Å². The Bertz CT molecular complexity index is 866. The number of para-hydroxylation sites is 1. The highest BCUT2D eigenvalue weighted by Gasteiger charge is 2.30. The molecule has 25 heavy (non-hydrogen) atoms. The maximum absolute atomic E-state index is 12.9. The first kappa shape index (κ1) is 16.3. The summed E-state index contributed by atoms with van der Waals surface area (Å²) in [5.74, 6) is 1.09. The average molecular weight is 355 g/mol. The van der Waals surface area contributed by atoms with E-state index in [4.69, 9.17) is 9.40 Å². The van der Waals surface area contributed by atoms with Crippen LogP contribution in [0.5, 0.6) is 0 Å². The molecule has 0 spiro atoms. The van der Waals surface area contributed by atoms with Gasteiger partial charge in [-0.1, -0.05) is 26.0 Å². The second-order valence-corrected chi connectivity index (χ2v) is 7.89. The van der Waals surface area contributed by atoms with Crippen molar-refractivity contribution >= 4 is 27.5 Å². The molecule has 3 aromatic rings. The molecule has 1 aliphatic rings. The third-order valence-electron chi connectivity index (χ3n) is 4.69. The summed E-state index contributed by atoms with van der Waals surface area (Å²) in [5.41, 5.74) is 1.50. The number of rotatable bonds is 3. The molecule has 1 saturated heterocycles. The highest BCUT2D eigenvalue weighted by atomic mass is 32.1. The Balaban J connectivity index is 1.56. The maximum Gasteiger partial charge on any atom is 0.276 e. The number of carbonyl (C=O) groups excluding carboxylic acids is 1. The van der Waals surface area contributed by atoms with Crippen LogP contribution in [0.25, 0.3) is 10.2 Å². The van der Waals surface area contributed by atoms with Crippen LogP contribution in [0.4, 0.5) is 0 Å². The minimum Gasteiger partial charge on any atom is -0.447 e. The van der Waals surface area contributed by atoms with Crippen molar-refractivity contribution in [2.75, 3.05) is 13.1 Å². The highest BCUT2D eigenvalue weighted by molar-refractivity contribution is 7.18. The second kappa shape index (κ2) is 6.59. The van der Waals surface area contributed by atoms with Crippen LogP contribution in [-0.4, -0.2) is 33.9 Å². The molecule has 1 aliphatic heterocycles. The number of hydrogen-bond donors (Lipinski definition) is 0. The van der Waals surface area contributed by atoms with Crippen molar-refractivity contribution in [3.63, 3.8) is 0 Å². The van der Waals surface area contributed by atoms with Gasteiger partial charge in [0.15, 0.2) is 12.1 Å². The smallest absolute Gasteiger partial charge is 0.276 e. The van der Waals surface area contributed by atoms with Gasteiger partial charge < -0.3 is 9.32 Å². The molecule has 6 heteroatoms. The van der Waals surface area contributed by atoms with Crippen LogP contribution >= 0.6 is 11.3 Å². The fraction of sp³-hybridized carbons (Fsp3) is 0.421. The minimum absolute atomic E-state index is 0.0248. The number of piperidine rings is 1. The van der Waals surface area contributed by atoms with Crippen LogP contribution in [0.15, 0.2) is 35.1 Å². The van der Waals surface area contributed by atoms with Gasteiger partial charge in [-0.05, 0) is 25.0 Å². The highest BCUT2D eigenvalue weighted by Crippen LogP contribution is 2.33. The molecule has 0 radical (unpaired) electrons. The Morgan fingerprint density at radius 1 is 1.36 bits per heavy atom. The number of nitrogens with zero attached hydrogens (tertiary/aromatic N) is 3. The fourth-order valence-electron chi connectivity index (χ4n) is 3.40. The zero-order valence-electron chi connectivity index (χ0n) is 14.4. The number of carbonyl (C=O) groups is 1. The van der Waals surface area contributed by atoms with E-state index >= 15 is 0 Å². The van der Waals surface area contributed by atoms with Crippen molar-refractivity contribution in [1.82, 2.24) is 14.9 Å². The van der Waals surface area contributed by atoms with Gasteiger partial charge in [-0.3, -0.25) is 4.79 Å². The zero-order chi connectivity index (χ0) is 17.4. The number of amides is 1. The number of thiazole rings is 1. The van der Waals surface area contributed by atoms with E-state index < -0.39 is 0 Å². The average Bonchev–Trinajstić information content (AvgIpc) is 3.28. The molecule has 130 valence electrons. The summed E-state index contributed by atoms with van der Waals surface area (Å²) in [6.07, 6.45) is 3.43. The standard InChI is InChI=1S/C19H21N3O2S/c1-12(2)17-16(20-11-24-17)19(23)22-9-5-6-13(10-22)18-21-14-7-3-4-8-15(14)25-18/h3-4,7-8,11-13H,5-6,9-10H2,1-2H3. The van der Waals surface area contributed by atoms with E-state index in [1.54, 1.807) is 11.3 Å². The Morgan fingerprint density at radius 2 is 2.20 bits per heavy atom. The number of benzene rings is 1. The topological polar surface area (TPSA) is 59.2 Å². The molecule has 4 rings (SSSR count). The lowest BCUT2D eigenvalue weighted by Gasteiger charge is -2.31. The Hall–Kier alpha value is -2.21. The SMILES string of the molecule is CC(C)c1ocnc1C(=O)N1CCCC(c2nc3ccccc3s2)C1. The van der Waals surface area contributed by atoms with Crippen molar-refractivity contribution in [2.45, 2.75) is 38.5 Å². The Kier molecular flexibility index (Phi) is 4.29. The first-order valence-electron chi connectivity index (χ1n) is 8.71. The minimum atomic E-state index is -0.0248. The Labute approximate surface area is 150 Å². The van der Waals surface area contributed by atoms with Gasteiger partial charge in [-0.2, -0.15) is 0 Å². The molecular formula is C19H21N3O2S. The van der Waals surface area contributed by atoms with Gasteiger partial charge in [0, 0.05) is 24.9 Å². The van der Waals surface area contributed by atoms with Crippen LogP contribution in [0, 0.1) is 0 Å². The van der Waals surface area contributed by atoms with Crippen LogP contribution < -0.4 is 0 Å². The summed E-state index contributed by atoms with van der Waals surface area (Å²) in [4.78, 5) is 23.8. The van der Waals surface area contributed by atoms with Gasteiger partial charge in [-0.15, -0.1) is 11.3 Å². The molecular weight excluding hydrogens is 334 g/mol. The van der Waals surface area contributed by atoms with E-state index in [2.05, 4.69) is 11.1 Å². The monoisotopic (exact) mass is 355 g/mol. The van der Waals surface area contributed by atoms with Crippen molar-refractivity contribution in [3.8, 4) is 0 Å². The maximum atomic E-state index is 12.9. The van der Waals surface area contributed by atoms with Crippen LogP contribution in [0.3, 0.4) is 0 Å². The van der Waals surface area contributed by atoms with E-state index in [1.807, 2.05) is 36.9 Å². The second-order valence-electron chi connectivity index (χ2n) is 6.83. The van der Waals surface area contributed by atoms with Gasteiger partial charge in [0.2, 0.25) is 0 Å². The van der Waals surface area contributed by atoms with Crippen molar-refractivity contribution < 1.29 is 9.21 Å². The normalized spacial score (nSPS) is 18.2. The first-order valence-corrected chi connectivity index (χ1v) is 9.53. The number of fused-ring (bicyclic) bond motifs is 1. The molecule has 1 aromatic carbocycles. The van der Waals surface area contributed by atoms with Crippen molar-refractivity contribution in [1.29, 1.82) is 0 Å². The summed E-state index contributed by atoms with van der Waals surface area (Å²) in [5, 5.41) is 1.13. The lowest BCUT2D eigenvalue weighted by molar-refractivity contribution is 0.0699. The van der Waals surface area contributed by atoms with E-state index in [0.29, 0.717) is 23.9 Å². The van der Waals surface area contributed by atoms with Gasteiger partial charge in [0.1, 0.15) is 5.76 Å². The predicted molar refractivity (Wildman–Crippen MR) is 98.1 cm³/mol. The lowest BCUT2D eigenvalue weighted by Crippen LogP contribution is -2.39. The number of likely N-dealkylation sites (tertiary alicyclic amines) is 1. The van der Waals surface area contributed by atoms with Crippen LogP contribution in [0.1, 0.15) is 59.8 Å². The molecule has 0 N–H and O–H groups in total. The van der Waals surface area contributed by atoms with Crippen molar-refractivity contribution in [3.05, 3.63) is 47.1 Å². The van der Waals surface area contributed by atoms with Gasteiger partial charge in [0.25, 0.3) is 5.91 Å². The molecule has 1 atom stereocenters. The lowest BCUT2D eigenvalue weighted by atomic mass is 9.98. The third-order valence-corrected chi connectivity index (χ3v) is 5.89. The fourth-order valence-corrected chi connectivity index (χ4v) is 4.50. The van der Waals surface area contributed by atoms with E-state index in [0.717, 1.165) is 29.9 Å². The summed E-state index contributed by atoms with van der Waals surface area (Å²) in [7, 11) is 0. The molecule has 0 saturated carbocycles. The van der Waals surface area contributed by atoms with E-state index in [9.17, 15) is 4.79 Å². The molecule has 0 bridgehead atoms. The van der Waals surface area contributed by atoms with Crippen LogP contribution in [-0.2, 0) is 0 Å². The van der Waals surface area contributed by atoms with Crippen molar-refractivity contribution in [2.24, 2.45) is 0 Å². The molecule has 0 aliphatic carbocycles. The molecule has 1 fully saturated rings. The zero-order valence-corrected chi connectivity index (χ0v) is 15.3. The summed E-state index contributed by atoms with van der Waals surface area (Å²) in [6, 6.07) is 8.21. The largest absolute Gasteiger partial charge is 0.447 e. The summed E-state index contributed by atoms with van der Waals surface area (Å²) >= 11 is 1.74. The molecule has 5 nitrogen and oxygen atoms in total. The van der Waals surface area contributed by atoms with E-state index in [1.165, 1.54) is 11.1 Å². The molecule has 2 aromatic heterocycles. The number of oxazole rings is 1. The number of aromatic nitrogens is 2. The molecule has 1 unspecified atom stereocenters. The van der Waals surface area contributed by atoms with Gasteiger partial charge >= 0.3 is 0 Å². The quantitative estimate of drug-likeness (QED) is 0.697. The Morgan fingerprint density at radius 3 is 3.00 bits per heavy atom. The first-order chi connectivity index (χ1) is 12.1. The predicted octanol–water partition coefficient (Wildman–Crippen LogP) is 4.43. The number of hydrogen-bond acceptors (Lipinski definition) is 5. The molecule has 1 amide bonds. The molecule has 3 heterocycles. The third kappa shape index (κ3) is 3.06. The summed E-state index contributed by atoms with van der Waals surface area (Å²) < 4.78 is 6.63. The summed E-state index contributed by atoms with van der Waals surface area (Å²) in [6.45, 7) is 5.49. The van der Waals surface area contributed by atoms with Gasteiger partial charge in [-0.25, -0.2) is 9.97 Å². The van der Waals surface area contributed by atoms with Gasteiger partial charge in [0.05, 0.1) is 15.2 Å². The van der Waals surface area contributed by atoms with Crippen LogP contribution in [0.2, 0.25) is 0 Å².